The van der Waals surface area contributed by atoms with E-state index in [1.54, 1.807) is 11.3 Å². The molecule has 6 heteroatoms. The van der Waals surface area contributed by atoms with E-state index >= 15 is 0 Å². The number of amides is 1. The van der Waals surface area contributed by atoms with Crippen molar-refractivity contribution >= 4 is 28.3 Å². The number of carbonyl (C=O) groups excluding carboxylic acids is 1. The lowest BCUT2D eigenvalue weighted by Gasteiger charge is -2.34. The number of nitrogens with zero attached hydrogens (tertiary/aromatic N) is 2. The fourth-order valence-electron chi connectivity index (χ4n) is 3.50. The van der Waals surface area contributed by atoms with E-state index in [1.165, 1.54) is 0 Å². The molecule has 0 radical (unpaired) electrons. The van der Waals surface area contributed by atoms with Crippen LogP contribution in [0.3, 0.4) is 0 Å². The second kappa shape index (κ2) is 6.98. The van der Waals surface area contributed by atoms with Crippen molar-refractivity contribution in [2.24, 2.45) is 5.92 Å². The van der Waals surface area contributed by atoms with Crippen LogP contribution in [0.5, 0.6) is 0 Å². The highest BCUT2D eigenvalue weighted by molar-refractivity contribution is 7.10. The number of imidazole rings is 1. The Hall–Kier alpha value is -2.18. The third-order valence-electron chi connectivity index (χ3n) is 4.93. The van der Waals surface area contributed by atoms with Crippen LogP contribution in [0.2, 0.25) is 0 Å². The van der Waals surface area contributed by atoms with Crippen molar-refractivity contribution in [1.29, 1.82) is 0 Å². The van der Waals surface area contributed by atoms with Gasteiger partial charge in [0, 0.05) is 18.0 Å². The quantitative estimate of drug-likeness (QED) is 0.755. The molecule has 2 N–H and O–H groups in total. The molecule has 1 atom stereocenters. The minimum absolute atomic E-state index is 0.100. The van der Waals surface area contributed by atoms with Crippen molar-refractivity contribution in [3.8, 4) is 0 Å². The van der Waals surface area contributed by atoms with E-state index in [1.807, 2.05) is 46.7 Å². The van der Waals surface area contributed by atoms with E-state index in [4.69, 9.17) is 0 Å². The Kier molecular flexibility index (Phi) is 4.55. The fourth-order valence-corrected chi connectivity index (χ4v) is 4.30. The maximum atomic E-state index is 12.6. The van der Waals surface area contributed by atoms with Crippen molar-refractivity contribution in [1.82, 2.24) is 14.9 Å². The second-order valence-corrected chi connectivity index (χ2v) is 7.54. The van der Waals surface area contributed by atoms with Crippen LogP contribution in [0, 0.1) is 5.92 Å². The molecule has 1 saturated heterocycles. The molecule has 0 spiro atoms. The number of H-pyrrole nitrogens is 1. The number of piperidine rings is 1. The zero-order chi connectivity index (χ0) is 17.2. The summed E-state index contributed by atoms with van der Waals surface area (Å²) < 4.78 is 0. The number of likely N-dealkylation sites (tertiary alicyclic amines) is 1. The predicted molar refractivity (Wildman–Crippen MR) is 98.4 cm³/mol. The maximum Gasteiger partial charge on any atom is 0.230 e. The summed E-state index contributed by atoms with van der Waals surface area (Å²) in [6.45, 7) is 1.40. The van der Waals surface area contributed by atoms with Gasteiger partial charge >= 0.3 is 0 Å². The van der Waals surface area contributed by atoms with Gasteiger partial charge in [-0.2, -0.15) is 0 Å². The van der Waals surface area contributed by atoms with Gasteiger partial charge in [-0.25, -0.2) is 4.98 Å². The highest BCUT2D eigenvalue weighted by Gasteiger charge is 2.28. The zero-order valence-electron chi connectivity index (χ0n) is 13.9. The summed E-state index contributed by atoms with van der Waals surface area (Å²) in [5.74, 6) is 1.05. The molecule has 130 valence electrons. The topological polar surface area (TPSA) is 69.2 Å². The number of aromatic amines is 1. The Morgan fingerprint density at radius 2 is 2.08 bits per heavy atom. The number of aliphatic hydroxyl groups is 1. The molecule has 3 aromatic rings. The van der Waals surface area contributed by atoms with Gasteiger partial charge in [-0.1, -0.05) is 18.2 Å². The lowest BCUT2D eigenvalue weighted by molar-refractivity contribution is -0.132. The van der Waals surface area contributed by atoms with Gasteiger partial charge in [-0.15, -0.1) is 11.3 Å². The molecule has 1 amide bonds. The van der Waals surface area contributed by atoms with E-state index in [9.17, 15) is 9.90 Å². The number of carbonyl (C=O) groups is 1. The van der Waals surface area contributed by atoms with Crippen molar-refractivity contribution in [3.05, 3.63) is 52.5 Å². The van der Waals surface area contributed by atoms with Crippen LogP contribution in [0.15, 0.2) is 41.8 Å². The number of fused-ring (bicyclic) bond motifs is 1. The van der Waals surface area contributed by atoms with Gasteiger partial charge in [-0.3, -0.25) is 4.79 Å². The average molecular weight is 355 g/mol. The van der Waals surface area contributed by atoms with Gasteiger partial charge in [0.05, 0.1) is 23.6 Å². The van der Waals surface area contributed by atoms with Crippen molar-refractivity contribution < 1.29 is 9.90 Å². The minimum Gasteiger partial charge on any atom is -0.387 e. The summed E-state index contributed by atoms with van der Waals surface area (Å²) >= 11 is 1.59. The Labute approximate surface area is 150 Å². The first-order valence-electron chi connectivity index (χ1n) is 8.63. The van der Waals surface area contributed by atoms with Crippen LogP contribution in [0.4, 0.5) is 0 Å². The van der Waals surface area contributed by atoms with Crippen LogP contribution in [-0.4, -0.2) is 39.0 Å². The van der Waals surface area contributed by atoms with Crippen molar-refractivity contribution in [3.63, 3.8) is 0 Å². The van der Waals surface area contributed by atoms with Crippen LogP contribution in [-0.2, 0) is 11.2 Å². The molecule has 5 nitrogen and oxygen atoms in total. The number of aliphatic hydroxyl groups excluding tert-OH is 1. The Balaban J connectivity index is 1.35. The monoisotopic (exact) mass is 355 g/mol. The van der Waals surface area contributed by atoms with E-state index in [0.717, 1.165) is 28.8 Å². The molecule has 1 aliphatic rings. The Bertz CT molecular complexity index is 818. The van der Waals surface area contributed by atoms with Crippen LogP contribution in [0.25, 0.3) is 11.0 Å². The molecular weight excluding hydrogens is 334 g/mol. The van der Waals surface area contributed by atoms with Gasteiger partial charge in [-0.05, 0) is 42.3 Å². The molecule has 0 aliphatic carbocycles. The lowest BCUT2D eigenvalue weighted by Crippen LogP contribution is -2.40. The predicted octanol–water partition coefficient (Wildman–Crippen LogP) is 3.14. The van der Waals surface area contributed by atoms with Gasteiger partial charge in [0.15, 0.2) is 0 Å². The number of benzene rings is 1. The molecule has 1 unspecified atom stereocenters. The third kappa shape index (κ3) is 3.45. The first kappa shape index (κ1) is 16.3. The van der Waals surface area contributed by atoms with Crippen molar-refractivity contribution in [2.75, 3.05) is 13.1 Å². The standard InChI is InChI=1S/C19H21N3O2S/c23-18(12-17-20-14-4-1-2-5-15(14)21-17)22-9-7-13(8-10-22)19(24)16-6-3-11-25-16/h1-6,11,13,19,24H,7-10,12H2,(H,20,21). The first-order chi connectivity index (χ1) is 12.2. The number of para-hydroxylation sites is 2. The SMILES string of the molecule is O=C(Cc1nc2ccccc2[nH]1)N1CCC(C(O)c2cccs2)CC1. The summed E-state index contributed by atoms with van der Waals surface area (Å²) in [4.78, 5) is 23.2. The van der Waals surface area contributed by atoms with E-state index < -0.39 is 6.10 Å². The van der Waals surface area contributed by atoms with E-state index in [2.05, 4.69) is 9.97 Å². The van der Waals surface area contributed by atoms with Crippen LogP contribution < -0.4 is 0 Å². The summed E-state index contributed by atoms with van der Waals surface area (Å²) in [6, 6.07) is 11.8. The van der Waals surface area contributed by atoms with Crippen LogP contribution >= 0.6 is 11.3 Å². The largest absolute Gasteiger partial charge is 0.387 e. The molecule has 1 aliphatic heterocycles. The molecule has 0 saturated carbocycles. The first-order valence-corrected chi connectivity index (χ1v) is 9.51. The number of nitrogens with one attached hydrogen (secondary N) is 1. The van der Waals surface area contributed by atoms with Gasteiger partial charge in [0.1, 0.15) is 5.82 Å². The Morgan fingerprint density at radius 3 is 2.80 bits per heavy atom. The number of rotatable bonds is 4. The minimum atomic E-state index is -0.410. The zero-order valence-corrected chi connectivity index (χ0v) is 14.7. The highest BCUT2D eigenvalue weighted by atomic mass is 32.1. The molecule has 25 heavy (non-hydrogen) atoms. The van der Waals surface area contributed by atoms with Gasteiger partial charge in [0.25, 0.3) is 0 Å². The summed E-state index contributed by atoms with van der Waals surface area (Å²) in [6.07, 6.45) is 1.57. The van der Waals surface area contributed by atoms with Gasteiger partial charge in [0.2, 0.25) is 5.91 Å². The summed E-state index contributed by atoms with van der Waals surface area (Å²) in [5, 5.41) is 12.5. The summed E-state index contributed by atoms with van der Waals surface area (Å²) in [7, 11) is 0. The molecular formula is C19H21N3O2S. The lowest BCUT2D eigenvalue weighted by atomic mass is 9.90. The third-order valence-corrected chi connectivity index (χ3v) is 5.87. The number of thiophene rings is 1. The molecule has 3 heterocycles. The van der Waals surface area contributed by atoms with Crippen molar-refractivity contribution in [2.45, 2.75) is 25.4 Å². The average Bonchev–Trinajstić information content (AvgIpc) is 3.30. The molecule has 1 fully saturated rings. The second-order valence-electron chi connectivity index (χ2n) is 6.56. The number of hydrogen-bond donors (Lipinski definition) is 2. The smallest absolute Gasteiger partial charge is 0.230 e. The van der Waals surface area contributed by atoms with Gasteiger partial charge < -0.3 is 15.0 Å². The maximum absolute atomic E-state index is 12.6. The molecule has 2 aromatic heterocycles. The number of hydrogen-bond acceptors (Lipinski definition) is 4. The number of aromatic nitrogens is 2. The molecule has 0 bridgehead atoms. The Morgan fingerprint density at radius 1 is 1.28 bits per heavy atom. The molecule has 4 rings (SSSR count). The fraction of sp³-hybridized carbons (Fsp3) is 0.368. The molecule has 1 aromatic carbocycles. The summed E-state index contributed by atoms with van der Waals surface area (Å²) in [5.41, 5.74) is 1.85. The highest BCUT2D eigenvalue weighted by Crippen LogP contribution is 2.33. The normalized spacial score (nSPS) is 17.1. The van der Waals surface area contributed by atoms with Crippen LogP contribution in [0.1, 0.15) is 29.6 Å². The van der Waals surface area contributed by atoms with E-state index in [-0.39, 0.29) is 11.8 Å². The van der Waals surface area contributed by atoms with E-state index in [0.29, 0.717) is 25.3 Å².